The van der Waals surface area contributed by atoms with Gasteiger partial charge in [0.15, 0.2) is 0 Å². The lowest BCUT2D eigenvalue weighted by Gasteiger charge is -2.29. The van der Waals surface area contributed by atoms with Gasteiger partial charge in [-0.2, -0.15) is 0 Å². The quantitative estimate of drug-likeness (QED) is 0.794. The highest BCUT2D eigenvalue weighted by Gasteiger charge is 2.37. The largest absolute Gasteiger partial charge is 0.326 e. The molecule has 2 aromatic carbocycles. The molecule has 1 aliphatic carbocycles. The Hall–Kier alpha value is -3.22. The Morgan fingerprint density at radius 2 is 1.91 bits per heavy atom. The number of anilines is 3. The van der Waals surface area contributed by atoms with Crippen LogP contribution in [0.4, 0.5) is 21.5 Å². The van der Waals surface area contributed by atoms with E-state index in [-0.39, 0.29) is 35.9 Å². The van der Waals surface area contributed by atoms with E-state index in [1.54, 1.807) is 11.8 Å². The molecule has 2 aliphatic heterocycles. The van der Waals surface area contributed by atoms with Gasteiger partial charge in [0.25, 0.3) is 0 Å². The lowest BCUT2D eigenvalue weighted by Crippen LogP contribution is -2.37. The van der Waals surface area contributed by atoms with E-state index in [4.69, 9.17) is 0 Å². The summed E-state index contributed by atoms with van der Waals surface area (Å²) in [6, 6.07) is 9.98. The number of rotatable bonds is 4. The van der Waals surface area contributed by atoms with Crippen LogP contribution in [0.5, 0.6) is 0 Å². The lowest BCUT2D eigenvalue weighted by molar-refractivity contribution is -0.124. The maximum atomic E-state index is 13.3. The number of nitrogens with one attached hydrogen (secondary N) is 1. The maximum Gasteiger partial charge on any atom is 0.230 e. The van der Waals surface area contributed by atoms with Crippen molar-refractivity contribution in [3.63, 3.8) is 0 Å². The van der Waals surface area contributed by atoms with Crippen molar-refractivity contribution in [2.24, 2.45) is 11.8 Å². The van der Waals surface area contributed by atoms with Gasteiger partial charge in [-0.3, -0.25) is 14.4 Å². The van der Waals surface area contributed by atoms with Gasteiger partial charge in [-0.05, 0) is 73.7 Å². The van der Waals surface area contributed by atoms with Crippen LogP contribution in [0.25, 0.3) is 0 Å². The van der Waals surface area contributed by atoms with Gasteiger partial charge in [-0.25, -0.2) is 4.39 Å². The fourth-order valence-electron chi connectivity index (χ4n) is 4.80. The SMILES string of the molecule is Cc1cc(F)ccc1NC(=O)[C@@H]1CC(=O)N(c2ccc3c(c2)CCN3C(=O)C2CCC2)C1. The number of amides is 3. The summed E-state index contributed by atoms with van der Waals surface area (Å²) in [7, 11) is 0. The molecule has 2 heterocycles. The summed E-state index contributed by atoms with van der Waals surface area (Å²) >= 11 is 0. The molecule has 0 bridgehead atoms. The minimum absolute atomic E-state index is 0.0960. The third-order valence-corrected chi connectivity index (χ3v) is 6.93. The second kappa shape index (κ2) is 8.04. The van der Waals surface area contributed by atoms with E-state index in [1.165, 1.54) is 18.2 Å². The van der Waals surface area contributed by atoms with Gasteiger partial charge in [0.05, 0.1) is 5.92 Å². The topological polar surface area (TPSA) is 69.7 Å². The van der Waals surface area contributed by atoms with Crippen LogP contribution in [0.2, 0.25) is 0 Å². The molecule has 3 aliphatic rings. The molecule has 1 atom stereocenters. The molecule has 1 saturated carbocycles. The Labute approximate surface area is 186 Å². The van der Waals surface area contributed by atoms with Crippen molar-refractivity contribution in [1.82, 2.24) is 0 Å². The van der Waals surface area contributed by atoms with Crippen LogP contribution in [0.1, 0.15) is 36.8 Å². The van der Waals surface area contributed by atoms with Gasteiger partial charge in [-0.15, -0.1) is 0 Å². The van der Waals surface area contributed by atoms with Crippen LogP contribution < -0.4 is 15.1 Å². The van der Waals surface area contributed by atoms with Crippen molar-refractivity contribution >= 4 is 34.8 Å². The Kier molecular flexibility index (Phi) is 5.19. The van der Waals surface area contributed by atoms with Crippen molar-refractivity contribution in [3.05, 3.63) is 53.3 Å². The van der Waals surface area contributed by atoms with Crippen LogP contribution in [0.3, 0.4) is 0 Å². The van der Waals surface area contributed by atoms with E-state index in [2.05, 4.69) is 5.32 Å². The molecule has 0 radical (unpaired) electrons. The predicted octanol–water partition coefficient (Wildman–Crippen LogP) is 3.81. The predicted molar refractivity (Wildman–Crippen MR) is 120 cm³/mol. The first-order chi connectivity index (χ1) is 15.4. The normalized spacial score (nSPS) is 20.3. The zero-order valence-corrected chi connectivity index (χ0v) is 18.1. The molecule has 7 heteroatoms. The number of carbonyl (C=O) groups is 3. The van der Waals surface area contributed by atoms with Gasteiger partial charge in [0.1, 0.15) is 5.82 Å². The molecule has 1 N–H and O–H groups in total. The lowest BCUT2D eigenvalue weighted by atomic mass is 9.84. The zero-order valence-electron chi connectivity index (χ0n) is 18.1. The molecule has 0 spiro atoms. The molecule has 2 fully saturated rings. The van der Waals surface area contributed by atoms with Crippen molar-refractivity contribution in [1.29, 1.82) is 0 Å². The van der Waals surface area contributed by atoms with E-state index in [9.17, 15) is 18.8 Å². The highest BCUT2D eigenvalue weighted by Crippen LogP contribution is 2.37. The molecule has 6 nitrogen and oxygen atoms in total. The molecule has 2 aromatic rings. The summed E-state index contributed by atoms with van der Waals surface area (Å²) in [6.07, 6.45) is 3.99. The fraction of sp³-hybridized carbons (Fsp3) is 0.400. The molecule has 1 saturated heterocycles. The van der Waals surface area contributed by atoms with E-state index < -0.39 is 5.92 Å². The van der Waals surface area contributed by atoms with Crippen molar-refractivity contribution < 1.29 is 18.8 Å². The smallest absolute Gasteiger partial charge is 0.230 e. The first-order valence-corrected chi connectivity index (χ1v) is 11.2. The first-order valence-electron chi connectivity index (χ1n) is 11.2. The Morgan fingerprint density at radius 1 is 1.09 bits per heavy atom. The zero-order chi connectivity index (χ0) is 22.4. The molecule has 32 heavy (non-hydrogen) atoms. The number of halogens is 1. The summed E-state index contributed by atoms with van der Waals surface area (Å²) in [5.74, 6) is -0.794. The van der Waals surface area contributed by atoms with E-state index in [0.29, 0.717) is 24.3 Å². The van der Waals surface area contributed by atoms with Gasteiger partial charge in [0.2, 0.25) is 17.7 Å². The number of hydrogen-bond donors (Lipinski definition) is 1. The van der Waals surface area contributed by atoms with Gasteiger partial charge in [-0.1, -0.05) is 6.42 Å². The Bertz CT molecular complexity index is 1110. The molecule has 166 valence electrons. The first kappa shape index (κ1) is 20.7. The number of benzene rings is 2. The maximum absolute atomic E-state index is 13.3. The van der Waals surface area contributed by atoms with Crippen molar-refractivity contribution in [2.75, 3.05) is 28.2 Å². The third kappa shape index (κ3) is 3.66. The number of aryl methyl sites for hydroxylation is 1. The molecule has 0 unspecified atom stereocenters. The molecular weight excluding hydrogens is 409 g/mol. The average molecular weight is 435 g/mol. The van der Waals surface area contributed by atoms with Crippen LogP contribution in [0.15, 0.2) is 36.4 Å². The minimum atomic E-state index is -0.475. The van der Waals surface area contributed by atoms with Crippen LogP contribution >= 0.6 is 0 Å². The monoisotopic (exact) mass is 435 g/mol. The van der Waals surface area contributed by atoms with E-state index in [0.717, 1.165) is 42.6 Å². The summed E-state index contributed by atoms with van der Waals surface area (Å²) < 4.78 is 13.3. The summed E-state index contributed by atoms with van der Waals surface area (Å²) in [6.45, 7) is 2.72. The molecule has 0 aromatic heterocycles. The van der Waals surface area contributed by atoms with Gasteiger partial charge in [0, 0.05) is 42.5 Å². The Balaban J connectivity index is 1.28. The third-order valence-electron chi connectivity index (χ3n) is 6.93. The number of hydrogen-bond acceptors (Lipinski definition) is 3. The number of fused-ring (bicyclic) bond motifs is 1. The van der Waals surface area contributed by atoms with E-state index >= 15 is 0 Å². The average Bonchev–Trinajstić information content (AvgIpc) is 3.31. The number of nitrogens with zero attached hydrogens (tertiary/aromatic N) is 2. The highest BCUT2D eigenvalue weighted by molar-refractivity contribution is 6.04. The molecular formula is C25H26FN3O3. The number of carbonyl (C=O) groups excluding carboxylic acids is 3. The summed E-state index contributed by atoms with van der Waals surface area (Å²) in [4.78, 5) is 41.7. The summed E-state index contributed by atoms with van der Waals surface area (Å²) in [5, 5.41) is 2.82. The molecule has 3 amide bonds. The Morgan fingerprint density at radius 3 is 2.62 bits per heavy atom. The van der Waals surface area contributed by atoms with Gasteiger partial charge < -0.3 is 15.1 Å². The van der Waals surface area contributed by atoms with Crippen molar-refractivity contribution in [3.8, 4) is 0 Å². The van der Waals surface area contributed by atoms with Crippen LogP contribution in [-0.2, 0) is 20.8 Å². The second-order valence-corrected chi connectivity index (χ2v) is 9.03. The fourth-order valence-corrected chi connectivity index (χ4v) is 4.80. The van der Waals surface area contributed by atoms with Crippen molar-refractivity contribution in [2.45, 2.75) is 39.0 Å². The van der Waals surface area contributed by atoms with Crippen LogP contribution in [0, 0.1) is 24.6 Å². The van der Waals surface area contributed by atoms with Gasteiger partial charge >= 0.3 is 0 Å². The highest BCUT2D eigenvalue weighted by atomic mass is 19.1. The standard InChI is InChI=1S/C25H26FN3O3/c1-15-11-19(26)5-7-21(15)27-24(31)18-13-23(30)29(14-18)20-6-8-22-17(12-20)9-10-28(22)25(32)16-3-2-4-16/h5-8,11-12,16,18H,2-4,9-10,13-14H2,1H3,(H,27,31)/t18-/m1/s1. The summed E-state index contributed by atoms with van der Waals surface area (Å²) in [5.41, 5.74) is 3.96. The van der Waals surface area contributed by atoms with Crippen LogP contribution in [-0.4, -0.2) is 30.8 Å². The van der Waals surface area contributed by atoms with E-state index in [1.807, 2.05) is 23.1 Å². The molecule has 5 rings (SSSR count). The minimum Gasteiger partial charge on any atom is -0.326 e. The second-order valence-electron chi connectivity index (χ2n) is 9.03.